The number of carbonyl (C=O) groups is 2. The van der Waals surface area contributed by atoms with Crippen LogP contribution in [-0.4, -0.2) is 60.7 Å². The summed E-state index contributed by atoms with van der Waals surface area (Å²) < 4.78 is 16.3. The summed E-state index contributed by atoms with van der Waals surface area (Å²) in [4.78, 5) is 30.2. The molecule has 0 aromatic rings. The Morgan fingerprint density at radius 2 is 1.71 bits per heavy atom. The molecule has 0 aromatic carbocycles. The minimum absolute atomic E-state index is 0.0330. The molecule has 0 heterocycles. The van der Waals surface area contributed by atoms with Gasteiger partial charge in [0.15, 0.2) is 0 Å². The van der Waals surface area contributed by atoms with Gasteiger partial charge < -0.3 is 19.1 Å². The predicted molar refractivity (Wildman–Crippen MR) is 112 cm³/mol. The fraction of sp³-hybridized carbons (Fsp3) is 0.762. The number of aliphatic imine (C=N–C) groups is 1. The van der Waals surface area contributed by atoms with Crippen LogP contribution < -0.4 is 0 Å². The largest absolute Gasteiger partial charge is 0.461 e. The average molecular weight is 399 g/mol. The molecule has 2 atom stereocenters. The van der Waals surface area contributed by atoms with Gasteiger partial charge in [0.05, 0.1) is 12.7 Å². The second-order valence-electron chi connectivity index (χ2n) is 8.00. The van der Waals surface area contributed by atoms with Gasteiger partial charge in [-0.2, -0.15) is 0 Å². The lowest BCUT2D eigenvalue weighted by atomic mass is 9.95. The van der Waals surface area contributed by atoms with Crippen molar-refractivity contribution in [2.45, 2.75) is 79.6 Å². The monoisotopic (exact) mass is 398 g/mol. The Labute approximate surface area is 170 Å². The molecule has 0 rings (SSSR count). The molecule has 0 aliphatic heterocycles. The number of nitrogens with zero attached hydrogens (tertiary/aromatic N) is 2. The Morgan fingerprint density at radius 1 is 1.14 bits per heavy atom. The van der Waals surface area contributed by atoms with E-state index < -0.39 is 11.6 Å². The van der Waals surface area contributed by atoms with Crippen LogP contribution in [0.1, 0.15) is 61.8 Å². The highest BCUT2D eigenvalue weighted by Gasteiger charge is 2.30. The highest BCUT2D eigenvalue weighted by atomic mass is 16.6. The van der Waals surface area contributed by atoms with Gasteiger partial charge in [0.1, 0.15) is 11.3 Å². The fourth-order valence-electron chi connectivity index (χ4n) is 2.67. The maximum Gasteiger partial charge on any atom is 0.410 e. The summed E-state index contributed by atoms with van der Waals surface area (Å²) in [5, 5.41) is 0. The topological polar surface area (TPSA) is 77.4 Å². The van der Waals surface area contributed by atoms with E-state index in [4.69, 9.17) is 14.2 Å². The lowest BCUT2D eigenvalue weighted by Crippen LogP contribution is -2.46. The zero-order valence-electron chi connectivity index (χ0n) is 19.0. The number of carbonyl (C=O) groups excluding carboxylic acids is 2. The van der Waals surface area contributed by atoms with E-state index in [0.29, 0.717) is 18.7 Å². The number of hydrogen-bond acceptors (Lipinski definition) is 6. The highest BCUT2D eigenvalue weighted by Crippen LogP contribution is 2.21. The van der Waals surface area contributed by atoms with Gasteiger partial charge in [0, 0.05) is 25.4 Å². The zero-order valence-corrected chi connectivity index (χ0v) is 19.0. The van der Waals surface area contributed by atoms with Crippen LogP contribution in [-0.2, 0) is 19.0 Å². The molecule has 0 aliphatic rings. The first-order chi connectivity index (χ1) is 12.8. The molecule has 0 N–H and O–H groups in total. The standard InChI is InChI=1S/C21H38N2O5/c1-11-26-18(15(5)22-16(6)19(24)27-12-2)13-17(14(3)4)23(10)20(25)28-21(7,8)9/h14,17-18H,6,11-13H2,1-5,7-10H3/b22-15+/t17-,18-/m0/s1. The maximum atomic E-state index is 12.5. The summed E-state index contributed by atoms with van der Waals surface area (Å²) in [6.07, 6.45) is -0.229. The van der Waals surface area contributed by atoms with Gasteiger partial charge in [0.25, 0.3) is 0 Å². The van der Waals surface area contributed by atoms with Crippen molar-refractivity contribution < 1.29 is 23.8 Å². The van der Waals surface area contributed by atoms with Crippen molar-refractivity contribution in [2.24, 2.45) is 10.9 Å². The van der Waals surface area contributed by atoms with Crippen molar-refractivity contribution >= 4 is 17.8 Å². The SMILES string of the molecule is C=C(/N=C(\C)[C@H](C[C@@H](C(C)C)N(C)C(=O)OC(C)(C)C)OCC)C(=O)OCC. The van der Waals surface area contributed by atoms with Crippen molar-refractivity contribution in [3.05, 3.63) is 12.3 Å². The van der Waals surface area contributed by atoms with E-state index >= 15 is 0 Å². The smallest absolute Gasteiger partial charge is 0.410 e. The summed E-state index contributed by atoms with van der Waals surface area (Å²) in [5.41, 5.74) is 0.0785. The van der Waals surface area contributed by atoms with E-state index in [0.717, 1.165) is 0 Å². The van der Waals surface area contributed by atoms with Gasteiger partial charge in [-0.3, -0.25) is 0 Å². The normalized spacial score (nSPS) is 14.4. The Hall–Kier alpha value is -1.89. The third kappa shape index (κ3) is 9.35. The third-order valence-electron chi connectivity index (χ3n) is 4.06. The first-order valence-electron chi connectivity index (χ1n) is 9.82. The number of esters is 1. The van der Waals surface area contributed by atoms with E-state index in [1.54, 1.807) is 25.8 Å². The van der Waals surface area contributed by atoms with E-state index in [-0.39, 0.29) is 36.5 Å². The lowest BCUT2D eigenvalue weighted by Gasteiger charge is -2.35. The first-order valence-corrected chi connectivity index (χ1v) is 9.82. The second-order valence-corrected chi connectivity index (χ2v) is 8.00. The molecular weight excluding hydrogens is 360 g/mol. The zero-order chi connectivity index (χ0) is 22.1. The molecule has 0 fully saturated rings. The number of ether oxygens (including phenoxy) is 3. The molecule has 0 saturated carbocycles. The quantitative estimate of drug-likeness (QED) is 0.313. The van der Waals surface area contributed by atoms with E-state index in [2.05, 4.69) is 11.6 Å². The first kappa shape index (κ1) is 26.1. The minimum Gasteiger partial charge on any atom is -0.461 e. The molecule has 7 heteroatoms. The molecule has 7 nitrogen and oxygen atoms in total. The number of rotatable bonds is 10. The van der Waals surface area contributed by atoms with Crippen molar-refractivity contribution in [1.82, 2.24) is 4.90 Å². The second kappa shape index (κ2) is 11.8. The van der Waals surface area contributed by atoms with Crippen LogP contribution in [0.2, 0.25) is 0 Å². The van der Waals surface area contributed by atoms with Crippen LogP contribution in [0.3, 0.4) is 0 Å². The fourth-order valence-corrected chi connectivity index (χ4v) is 2.67. The van der Waals surface area contributed by atoms with Crippen LogP contribution in [0.15, 0.2) is 17.3 Å². The van der Waals surface area contributed by atoms with Crippen LogP contribution >= 0.6 is 0 Å². The van der Waals surface area contributed by atoms with Crippen LogP contribution in [0, 0.1) is 5.92 Å². The third-order valence-corrected chi connectivity index (χ3v) is 4.06. The molecule has 28 heavy (non-hydrogen) atoms. The maximum absolute atomic E-state index is 12.5. The summed E-state index contributed by atoms with van der Waals surface area (Å²) in [6, 6.07) is -0.132. The molecule has 0 unspecified atom stereocenters. The van der Waals surface area contributed by atoms with Crippen molar-refractivity contribution in [3.8, 4) is 0 Å². The van der Waals surface area contributed by atoms with E-state index in [1.165, 1.54) is 0 Å². The molecule has 0 radical (unpaired) electrons. The summed E-state index contributed by atoms with van der Waals surface area (Å²) in [6.45, 7) is 19.4. The van der Waals surface area contributed by atoms with Gasteiger partial charge in [0.2, 0.25) is 0 Å². The highest BCUT2D eigenvalue weighted by molar-refractivity contribution is 5.94. The average Bonchev–Trinajstić information content (AvgIpc) is 2.56. The predicted octanol–water partition coefficient (Wildman–Crippen LogP) is 4.21. The summed E-state index contributed by atoms with van der Waals surface area (Å²) >= 11 is 0. The molecule has 0 bridgehead atoms. The van der Waals surface area contributed by atoms with Gasteiger partial charge in [-0.05, 0) is 53.9 Å². The van der Waals surface area contributed by atoms with E-state index in [9.17, 15) is 9.59 Å². The van der Waals surface area contributed by atoms with Gasteiger partial charge in [-0.15, -0.1) is 0 Å². The summed E-state index contributed by atoms with van der Waals surface area (Å²) in [7, 11) is 1.73. The van der Waals surface area contributed by atoms with Crippen molar-refractivity contribution in [2.75, 3.05) is 20.3 Å². The molecule has 0 spiro atoms. The Kier molecular flexibility index (Phi) is 11.0. The van der Waals surface area contributed by atoms with Crippen LogP contribution in [0.5, 0.6) is 0 Å². The summed E-state index contributed by atoms with van der Waals surface area (Å²) in [5.74, 6) is -0.384. The molecule has 1 amide bonds. The lowest BCUT2D eigenvalue weighted by molar-refractivity contribution is -0.138. The number of hydrogen-bond donors (Lipinski definition) is 0. The molecule has 162 valence electrons. The Balaban J connectivity index is 5.44. The van der Waals surface area contributed by atoms with Gasteiger partial charge in [-0.1, -0.05) is 20.4 Å². The van der Waals surface area contributed by atoms with Crippen molar-refractivity contribution in [3.63, 3.8) is 0 Å². The Bertz CT molecular complexity index is 564. The van der Waals surface area contributed by atoms with Crippen molar-refractivity contribution in [1.29, 1.82) is 0 Å². The van der Waals surface area contributed by atoms with Gasteiger partial charge in [-0.25, -0.2) is 14.6 Å². The molecule has 0 aliphatic carbocycles. The molecular formula is C21H38N2O5. The molecule has 0 saturated heterocycles. The van der Waals surface area contributed by atoms with Crippen LogP contribution in [0.4, 0.5) is 4.79 Å². The van der Waals surface area contributed by atoms with E-state index in [1.807, 2.05) is 41.5 Å². The minimum atomic E-state index is -0.569. The Morgan fingerprint density at radius 3 is 2.14 bits per heavy atom. The van der Waals surface area contributed by atoms with Gasteiger partial charge >= 0.3 is 12.1 Å². The molecule has 0 aromatic heterocycles. The number of amides is 1. The van der Waals surface area contributed by atoms with Crippen LogP contribution in [0.25, 0.3) is 0 Å².